The lowest BCUT2D eigenvalue weighted by Gasteiger charge is -2.14. The van der Waals surface area contributed by atoms with Crippen molar-refractivity contribution >= 4 is 23.0 Å². The maximum absolute atomic E-state index is 11.0. The molecule has 0 radical (unpaired) electrons. The Hall–Kier alpha value is -1.36. The smallest absolute Gasteiger partial charge is 0.351 e. The highest BCUT2D eigenvalue weighted by molar-refractivity contribution is 7.14. The summed E-state index contributed by atoms with van der Waals surface area (Å²) in [6.45, 7) is 3.63. The average molecular weight is 239 g/mol. The maximum Gasteiger partial charge on any atom is 0.351 e. The van der Waals surface area contributed by atoms with E-state index >= 15 is 0 Å². The van der Waals surface area contributed by atoms with E-state index in [4.69, 9.17) is 9.94 Å². The van der Waals surface area contributed by atoms with Gasteiger partial charge >= 0.3 is 5.97 Å². The molecule has 1 aliphatic rings. The lowest BCUT2D eigenvalue weighted by Crippen LogP contribution is -2.35. The zero-order valence-electron chi connectivity index (χ0n) is 9.19. The fourth-order valence-corrected chi connectivity index (χ4v) is 2.44. The first-order chi connectivity index (χ1) is 7.55. The Bertz CT molecular complexity index is 452. The molecule has 0 aromatic carbocycles. The minimum Gasteiger partial charge on any atom is -0.478 e. The topological polar surface area (TPSA) is 58.9 Å². The quantitative estimate of drug-likeness (QED) is 0.880. The maximum atomic E-state index is 11.0. The lowest BCUT2D eigenvalue weighted by atomic mass is 10.00. The van der Waals surface area contributed by atoms with Crippen LogP contribution in [-0.4, -0.2) is 22.4 Å². The molecular formula is C11H13NO3S. The second-order valence-corrected chi connectivity index (χ2v) is 5.13. The van der Waals surface area contributed by atoms with Crippen molar-refractivity contribution in [1.29, 1.82) is 0 Å². The molecule has 1 aromatic rings. The first-order valence-electron chi connectivity index (χ1n) is 5.12. The molecule has 0 spiro atoms. The number of nitrogens with zero attached hydrogens (tertiary/aromatic N) is 1. The summed E-state index contributed by atoms with van der Waals surface area (Å²) in [6.07, 6.45) is 1.31. The van der Waals surface area contributed by atoms with E-state index in [9.17, 15) is 4.79 Å². The third-order valence-corrected chi connectivity index (χ3v) is 3.89. The Labute approximate surface area is 97.5 Å². The second kappa shape index (κ2) is 3.90. The standard InChI is InChI=1S/C11H13NO3S/c1-3-7-4-5-9(16-7)8-6-11(2,10(13)14)15-12-8/h4-5H,3,6H2,1-2H3,(H,13,14). The molecule has 0 saturated heterocycles. The third kappa shape index (κ3) is 1.82. The van der Waals surface area contributed by atoms with Gasteiger partial charge in [-0.2, -0.15) is 0 Å². The van der Waals surface area contributed by atoms with Crippen LogP contribution in [0.2, 0.25) is 0 Å². The van der Waals surface area contributed by atoms with Gasteiger partial charge in [0.15, 0.2) is 0 Å². The Kier molecular flexibility index (Phi) is 2.71. The van der Waals surface area contributed by atoms with E-state index in [-0.39, 0.29) is 0 Å². The van der Waals surface area contributed by atoms with Crippen LogP contribution in [0.4, 0.5) is 0 Å². The van der Waals surface area contributed by atoms with E-state index in [1.165, 1.54) is 4.88 Å². The van der Waals surface area contributed by atoms with Gasteiger partial charge in [0.05, 0.1) is 4.88 Å². The fourth-order valence-electron chi connectivity index (χ4n) is 1.51. The molecule has 1 N–H and O–H groups in total. The molecule has 4 nitrogen and oxygen atoms in total. The molecule has 1 aliphatic heterocycles. The number of hydrogen-bond acceptors (Lipinski definition) is 4. The zero-order valence-corrected chi connectivity index (χ0v) is 10.0. The molecule has 5 heteroatoms. The SMILES string of the molecule is CCc1ccc(C2=NOC(C)(C(=O)O)C2)s1. The van der Waals surface area contributed by atoms with E-state index in [0.717, 1.165) is 17.0 Å². The summed E-state index contributed by atoms with van der Waals surface area (Å²) < 4.78 is 0. The van der Waals surface area contributed by atoms with Crippen molar-refractivity contribution in [3.63, 3.8) is 0 Å². The normalized spacial score (nSPS) is 24.0. The van der Waals surface area contributed by atoms with Gasteiger partial charge in [0.2, 0.25) is 5.60 Å². The number of carboxylic acid groups (broad SMARTS) is 1. The predicted octanol–water partition coefficient (Wildman–Crippen LogP) is 2.28. The molecule has 0 bridgehead atoms. The summed E-state index contributed by atoms with van der Waals surface area (Å²) in [5.41, 5.74) is -0.472. The van der Waals surface area contributed by atoms with Crippen LogP contribution in [0.5, 0.6) is 0 Å². The molecule has 0 amide bonds. The van der Waals surface area contributed by atoms with E-state index in [0.29, 0.717) is 6.42 Å². The summed E-state index contributed by atoms with van der Waals surface area (Å²) in [4.78, 5) is 18.2. The third-order valence-electron chi connectivity index (χ3n) is 2.61. The molecule has 16 heavy (non-hydrogen) atoms. The van der Waals surface area contributed by atoms with Crippen LogP contribution in [0.25, 0.3) is 0 Å². The molecule has 0 aliphatic carbocycles. The average Bonchev–Trinajstić information content (AvgIpc) is 2.84. The van der Waals surface area contributed by atoms with Gasteiger partial charge in [-0.15, -0.1) is 11.3 Å². The lowest BCUT2D eigenvalue weighted by molar-refractivity contribution is -0.160. The minimum atomic E-state index is -1.20. The monoisotopic (exact) mass is 239 g/mol. The van der Waals surface area contributed by atoms with Crippen LogP contribution >= 0.6 is 11.3 Å². The van der Waals surface area contributed by atoms with Crippen molar-refractivity contribution in [2.24, 2.45) is 5.16 Å². The van der Waals surface area contributed by atoms with Gasteiger partial charge in [0.1, 0.15) is 5.71 Å². The van der Waals surface area contributed by atoms with Gasteiger partial charge in [0, 0.05) is 11.3 Å². The van der Waals surface area contributed by atoms with Gasteiger partial charge in [-0.3, -0.25) is 0 Å². The molecule has 2 rings (SSSR count). The summed E-state index contributed by atoms with van der Waals surface area (Å²) in [6, 6.07) is 4.01. The van der Waals surface area contributed by atoms with Crippen LogP contribution in [-0.2, 0) is 16.1 Å². The van der Waals surface area contributed by atoms with Crippen molar-refractivity contribution < 1.29 is 14.7 Å². The van der Waals surface area contributed by atoms with Gasteiger partial charge in [-0.25, -0.2) is 4.79 Å². The highest BCUT2D eigenvalue weighted by Gasteiger charge is 2.42. The fraction of sp³-hybridized carbons (Fsp3) is 0.455. The molecule has 86 valence electrons. The number of thiophene rings is 1. The van der Waals surface area contributed by atoms with Crippen LogP contribution in [0, 0.1) is 0 Å². The van der Waals surface area contributed by atoms with Crippen LogP contribution in [0.3, 0.4) is 0 Å². The molecule has 0 saturated carbocycles. The molecule has 1 aromatic heterocycles. The van der Waals surface area contributed by atoms with E-state index in [2.05, 4.69) is 12.1 Å². The van der Waals surface area contributed by atoms with E-state index < -0.39 is 11.6 Å². The Balaban J connectivity index is 2.17. The number of rotatable bonds is 3. The predicted molar refractivity (Wildman–Crippen MR) is 62.0 cm³/mol. The van der Waals surface area contributed by atoms with Crippen molar-refractivity contribution in [1.82, 2.24) is 0 Å². The molecule has 0 fully saturated rings. The van der Waals surface area contributed by atoms with Crippen LogP contribution in [0.15, 0.2) is 17.3 Å². The highest BCUT2D eigenvalue weighted by Crippen LogP contribution is 2.29. The highest BCUT2D eigenvalue weighted by atomic mass is 32.1. The summed E-state index contributed by atoms with van der Waals surface area (Å²) in [5.74, 6) is -0.974. The van der Waals surface area contributed by atoms with Crippen molar-refractivity contribution in [2.45, 2.75) is 32.3 Å². The number of oxime groups is 1. The Morgan fingerprint density at radius 1 is 1.69 bits per heavy atom. The first kappa shape index (κ1) is 11.1. The molecule has 1 atom stereocenters. The Morgan fingerprint density at radius 2 is 2.44 bits per heavy atom. The van der Waals surface area contributed by atoms with Gasteiger partial charge < -0.3 is 9.94 Å². The van der Waals surface area contributed by atoms with Gasteiger partial charge in [-0.05, 0) is 25.5 Å². The number of carboxylic acids is 1. The van der Waals surface area contributed by atoms with Crippen molar-refractivity contribution in [2.75, 3.05) is 0 Å². The van der Waals surface area contributed by atoms with Crippen LogP contribution < -0.4 is 0 Å². The minimum absolute atomic E-state index is 0.325. The Morgan fingerprint density at radius 3 is 2.94 bits per heavy atom. The second-order valence-electron chi connectivity index (χ2n) is 3.96. The molecule has 1 unspecified atom stereocenters. The largest absolute Gasteiger partial charge is 0.478 e. The number of hydrogen-bond donors (Lipinski definition) is 1. The molecule has 2 heterocycles. The van der Waals surface area contributed by atoms with E-state index in [1.807, 2.05) is 12.1 Å². The van der Waals surface area contributed by atoms with E-state index in [1.54, 1.807) is 18.3 Å². The zero-order chi connectivity index (χ0) is 11.8. The van der Waals surface area contributed by atoms with Crippen molar-refractivity contribution in [3.05, 3.63) is 21.9 Å². The number of aryl methyl sites for hydroxylation is 1. The first-order valence-corrected chi connectivity index (χ1v) is 5.94. The van der Waals surface area contributed by atoms with Crippen molar-refractivity contribution in [3.8, 4) is 0 Å². The molecular weight excluding hydrogens is 226 g/mol. The summed E-state index contributed by atoms with van der Waals surface area (Å²) in [7, 11) is 0. The van der Waals surface area contributed by atoms with Crippen LogP contribution in [0.1, 0.15) is 30.0 Å². The number of aliphatic carboxylic acids is 1. The van der Waals surface area contributed by atoms with Gasteiger partial charge in [0.25, 0.3) is 0 Å². The number of carbonyl (C=O) groups is 1. The van der Waals surface area contributed by atoms with Gasteiger partial charge in [-0.1, -0.05) is 12.1 Å². The summed E-state index contributed by atoms with van der Waals surface area (Å²) >= 11 is 1.64. The summed E-state index contributed by atoms with van der Waals surface area (Å²) in [5, 5.41) is 12.9.